The Kier molecular flexibility index (Phi) is 7.42. The van der Waals surface area contributed by atoms with Crippen molar-refractivity contribution < 1.29 is 20.1 Å². The summed E-state index contributed by atoms with van der Waals surface area (Å²) in [5, 5.41) is 38.2. The number of fused-ring (bicyclic) bond motifs is 5. The van der Waals surface area contributed by atoms with Gasteiger partial charge in [-0.2, -0.15) is 0 Å². The molecule has 0 bridgehead atoms. The third-order valence-corrected chi connectivity index (χ3v) is 13.4. The van der Waals surface area contributed by atoms with Gasteiger partial charge in [-0.1, -0.05) is 34.6 Å². The van der Waals surface area contributed by atoms with Gasteiger partial charge in [0.25, 0.3) is 0 Å². The maximum atomic E-state index is 11.9. The Labute approximate surface area is 237 Å². The van der Waals surface area contributed by atoms with Gasteiger partial charge < -0.3 is 25.4 Å². The molecule has 39 heavy (non-hydrogen) atoms. The highest BCUT2D eigenvalue weighted by Gasteiger charge is 2.71. The van der Waals surface area contributed by atoms with Gasteiger partial charge in [0.2, 0.25) is 0 Å². The summed E-state index contributed by atoms with van der Waals surface area (Å²) in [6.07, 6.45) is 8.14. The molecular formula is C34H55NO4. The lowest BCUT2D eigenvalue weighted by Crippen LogP contribution is -2.66. The van der Waals surface area contributed by atoms with Crippen molar-refractivity contribution in [2.75, 3.05) is 19.0 Å². The van der Waals surface area contributed by atoms with Crippen LogP contribution in [0.2, 0.25) is 0 Å². The van der Waals surface area contributed by atoms with Gasteiger partial charge in [0.1, 0.15) is 5.75 Å². The summed E-state index contributed by atoms with van der Waals surface area (Å²) in [6, 6.07) is 7.97. The van der Waals surface area contributed by atoms with Crippen LogP contribution in [0.3, 0.4) is 0 Å². The highest BCUT2D eigenvalue weighted by atomic mass is 16.5. The summed E-state index contributed by atoms with van der Waals surface area (Å²) in [5.74, 6) is 2.03. The number of anilines is 1. The average Bonchev–Trinajstić information content (AvgIpc) is 3.27. The SMILES string of the molecule is COc1ccc(NCCC[C@](C)(O)[C@H]2CC[C@]3(C)[C@@H]2[C@H](O)C[C@@H]2[C@@]4(C)CC[C@H](O)C(C)(C)[C@@H]4CC[C@]23C)cc1. The van der Waals surface area contributed by atoms with E-state index in [4.69, 9.17) is 4.74 Å². The van der Waals surface area contributed by atoms with Crippen molar-refractivity contribution >= 4 is 5.69 Å². The highest BCUT2D eigenvalue weighted by molar-refractivity contribution is 5.46. The van der Waals surface area contributed by atoms with Crippen LogP contribution in [0, 0.1) is 45.3 Å². The van der Waals surface area contributed by atoms with E-state index in [9.17, 15) is 15.3 Å². The van der Waals surface area contributed by atoms with Crippen molar-refractivity contribution in [2.45, 2.75) is 117 Å². The molecule has 0 spiro atoms. The average molecular weight is 542 g/mol. The van der Waals surface area contributed by atoms with Crippen LogP contribution in [0.4, 0.5) is 5.69 Å². The number of nitrogens with one attached hydrogen (secondary N) is 1. The van der Waals surface area contributed by atoms with Crippen molar-refractivity contribution in [3.63, 3.8) is 0 Å². The number of benzene rings is 1. The van der Waals surface area contributed by atoms with Crippen molar-refractivity contribution in [1.29, 1.82) is 0 Å². The third-order valence-electron chi connectivity index (χ3n) is 13.4. The second-order valence-electron chi connectivity index (χ2n) is 15.5. The summed E-state index contributed by atoms with van der Waals surface area (Å²) in [7, 11) is 1.68. The molecule has 220 valence electrons. The minimum atomic E-state index is -0.799. The van der Waals surface area contributed by atoms with Crippen LogP contribution < -0.4 is 10.1 Å². The lowest BCUT2D eigenvalue weighted by molar-refractivity contribution is -0.246. The Hall–Kier alpha value is -1.30. The van der Waals surface area contributed by atoms with Crippen LogP contribution in [0.15, 0.2) is 24.3 Å². The van der Waals surface area contributed by atoms with Gasteiger partial charge in [0.05, 0.1) is 24.9 Å². The molecular weight excluding hydrogens is 486 g/mol. The Morgan fingerprint density at radius 1 is 0.923 bits per heavy atom. The van der Waals surface area contributed by atoms with Gasteiger partial charge in [-0.15, -0.1) is 0 Å². The zero-order valence-corrected chi connectivity index (χ0v) is 25.6. The topological polar surface area (TPSA) is 82.0 Å². The molecule has 0 saturated heterocycles. The molecule has 0 unspecified atom stereocenters. The Morgan fingerprint density at radius 3 is 2.26 bits per heavy atom. The van der Waals surface area contributed by atoms with Crippen molar-refractivity contribution in [2.24, 2.45) is 45.3 Å². The molecule has 5 rings (SSSR count). The van der Waals surface area contributed by atoms with Crippen LogP contribution in [-0.4, -0.2) is 46.8 Å². The Morgan fingerprint density at radius 2 is 1.59 bits per heavy atom. The maximum absolute atomic E-state index is 11.9. The maximum Gasteiger partial charge on any atom is 0.119 e. The Bertz CT molecular complexity index is 1020. The van der Waals surface area contributed by atoms with Crippen molar-refractivity contribution in [3.8, 4) is 5.75 Å². The number of methoxy groups -OCH3 is 1. The summed E-state index contributed by atoms with van der Waals surface area (Å²) >= 11 is 0. The van der Waals surface area contributed by atoms with Gasteiger partial charge >= 0.3 is 0 Å². The summed E-state index contributed by atoms with van der Waals surface area (Å²) in [4.78, 5) is 0. The standard InChI is InChI=1S/C34H55NO4/c1-30(2)26-14-19-32(4)27(31(26,3)17-15-28(30)37)21-25(36)29-24(13-18-33(29,32)5)34(6,38)16-8-20-35-22-9-11-23(39-7)12-10-22/h9-12,24-29,35-38H,8,13-21H2,1-7H3/t24-,25+,26-,27+,28-,29-,31-,32+,33+,34-/m0/s1. The summed E-state index contributed by atoms with van der Waals surface area (Å²) in [6.45, 7) is 14.9. The second kappa shape index (κ2) is 9.91. The molecule has 0 heterocycles. The van der Waals surface area contributed by atoms with Crippen molar-refractivity contribution in [1.82, 2.24) is 0 Å². The number of hydrogen-bond donors (Lipinski definition) is 4. The number of aliphatic hydroxyl groups excluding tert-OH is 2. The summed E-state index contributed by atoms with van der Waals surface area (Å²) < 4.78 is 5.25. The van der Waals surface area contributed by atoms with E-state index in [1.54, 1.807) is 7.11 Å². The lowest BCUT2D eigenvalue weighted by Gasteiger charge is -2.70. The van der Waals surface area contributed by atoms with Gasteiger partial charge in [-0.3, -0.25) is 0 Å². The molecule has 4 aliphatic rings. The number of aliphatic hydroxyl groups is 3. The smallest absolute Gasteiger partial charge is 0.119 e. The minimum absolute atomic E-state index is 0.0134. The predicted octanol–water partition coefficient (Wildman–Crippen LogP) is 6.66. The van der Waals surface area contributed by atoms with E-state index in [2.05, 4.69) is 39.9 Å². The molecule has 10 atom stereocenters. The van der Waals surface area contributed by atoms with Gasteiger partial charge in [-0.05, 0) is 134 Å². The molecule has 1 aromatic rings. The monoisotopic (exact) mass is 541 g/mol. The fourth-order valence-electron chi connectivity index (χ4n) is 11.0. The molecule has 4 saturated carbocycles. The van der Waals surface area contributed by atoms with Crippen LogP contribution in [0.5, 0.6) is 5.75 Å². The summed E-state index contributed by atoms with van der Waals surface area (Å²) in [5.41, 5.74) is 0.470. The lowest BCUT2D eigenvalue weighted by atomic mass is 9.35. The van der Waals surface area contributed by atoms with Gasteiger partial charge in [-0.25, -0.2) is 0 Å². The fraction of sp³-hybridized carbons (Fsp3) is 0.824. The van der Waals surface area contributed by atoms with E-state index in [0.717, 1.165) is 75.8 Å². The molecule has 0 radical (unpaired) electrons. The number of ether oxygens (including phenoxy) is 1. The van der Waals surface area contributed by atoms with E-state index in [1.165, 1.54) is 0 Å². The van der Waals surface area contributed by atoms with E-state index < -0.39 is 5.60 Å². The number of hydrogen-bond acceptors (Lipinski definition) is 5. The van der Waals surface area contributed by atoms with Crippen LogP contribution >= 0.6 is 0 Å². The molecule has 0 aromatic heterocycles. The highest BCUT2D eigenvalue weighted by Crippen LogP contribution is 2.75. The minimum Gasteiger partial charge on any atom is -0.497 e. The molecule has 0 aliphatic heterocycles. The quantitative estimate of drug-likeness (QED) is 0.290. The second-order valence-corrected chi connectivity index (χ2v) is 15.5. The van der Waals surface area contributed by atoms with Gasteiger partial charge in [0.15, 0.2) is 0 Å². The molecule has 5 nitrogen and oxygen atoms in total. The molecule has 4 aliphatic carbocycles. The first-order chi connectivity index (χ1) is 18.2. The van der Waals surface area contributed by atoms with Crippen LogP contribution in [-0.2, 0) is 0 Å². The largest absolute Gasteiger partial charge is 0.497 e. The Balaban J connectivity index is 1.30. The predicted molar refractivity (Wildman–Crippen MR) is 158 cm³/mol. The van der Waals surface area contributed by atoms with Crippen molar-refractivity contribution in [3.05, 3.63) is 24.3 Å². The first-order valence-electron chi connectivity index (χ1n) is 15.7. The normalized spacial score (nSPS) is 44.5. The molecule has 4 fully saturated rings. The van der Waals surface area contributed by atoms with E-state index in [1.807, 2.05) is 31.2 Å². The first-order valence-corrected chi connectivity index (χ1v) is 15.7. The van der Waals surface area contributed by atoms with Gasteiger partial charge in [0, 0.05) is 12.2 Å². The molecule has 0 amide bonds. The van der Waals surface area contributed by atoms with Crippen LogP contribution in [0.1, 0.15) is 99.3 Å². The zero-order valence-electron chi connectivity index (χ0n) is 25.6. The molecule has 1 aromatic carbocycles. The molecule has 5 heteroatoms. The van der Waals surface area contributed by atoms with E-state index in [-0.39, 0.29) is 45.7 Å². The first kappa shape index (κ1) is 29.2. The van der Waals surface area contributed by atoms with E-state index >= 15 is 0 Å². The molecule has 4 N–H and O–H groups in total. The van der Waals surface area contributed by atoms with Crippen LogP contribution in [0.25, 0.3) is 0 Å². The zero-order chi connectivity index (χ0) is 28.4. The third kappa shape index (κ3) is 4.45. The van der Waals surface area contributed by atoms with E-state index in [0.29, 0.717) is 11.8 Å². The number of rotatable bonds is 7. The fourth-order valence-corrected chi connectivity index (χ4v) is 11.0.